The first-order chi connectivity index (χ1) is 8.13. The molecule has 0 radical (unpaired) electrons. The molecule has 0 spiro atoms. The molecule has 0 aliphatic carbocycles. The van der Waals surface area contributed by atoms with Crippen molar-refractivity contribution in [2.45, 2.75) is 33.1 Å². The summed E-state index contributed by atoms with van der Waals surface area (Å²) in [6, 6.07) is 6.80. The first-order valence-corrected chi connectivity index (χ1v) is 6.88. The van der Waals surface area contributed by atoms with Gasteiger partial charge in [0.1, 0.15) is 0 Å². The van der Waals surface area contributed by atoms with Gasteiger partial charge in [0.05, 0.1) is 0 Å². The van der Waals surface area contributed by atoms with Gasteiger partial charge in [0.25, 0.3) is 0 Å². The molecule has 17 heavy (non-hydrogen) atoms. The lowest BCUT2D eigenvalue weighted by molar-refractivity contribution is 0.0257. The van der Waals surface area contributed by atoms with E-state index in [0.717, 1.165) is 38.4 Å². The molecule has 1 aromatic rings. The lowest BCUT2D eigenvalue weighted by Crippen LogP contribution is -2.33. The van der Waals surface area contributed by atoms with Crippen LogP contribution in [-0.4, -0.2) is 19.1 Å². The third kappa shape index (κ3) is 3.23. The Labute approximate surface area is 109 Å². The van der Waals surface area contributed by atoms with Crippen LogP contribution in [0.5, 0.6) is 0 Å². The molecule has 0 N–H and O–H groups in total. The maximum Gasteiger partial charge on any atom is 0.0471 e. The van der Waals surface area contributed by atoms with Gasteiger partial charge in [0.2, 0.25) is 0 Å². The van der Waals surface area contributed by atoms with Crippen molar-refractivity contribution in [3.8, 4) is 0 Å². The van der Waals surface area contributed by atoms with Crippen molar-refractivity contribution in [1.29, 1.82) is 0 Å². The number of ether oxygens (including phenoxy) is 1. The summed E-state index contributed by atoms with van der Waals surface area (Å²) in [4.78, 5) is 0. The second kappa shape index (κ2) is 5.41. The zero-order valence-electron chi connectivity index (χ0n) is 10.8. The molecule has 94 valence electrons. The Hall–Kier alpha value is -0.530. The molecule has 0 saturated carbocycles. The number of hydrogen-bond donors (Lipinski definition) is 0. The van der Waals surface area contributed by atoms with Gasteiger partial charge in [-0.15, -0.1) is 11.6 Å². The number of rotatable bonds is 3. The monoisotopic (exact) mass is 252 g/mol. The van der Waals surface area contributed by atoms with Crippen molar-refractivity contribution in [2.75, 3.05) is 19.1 Å². The van der Waals surface area contributed by atoms with Crippen molar-refractivity contribution >= 4 is 11.6 Å². The van der Waals surface area contributed by atoms with Crippen molar-refractivity contribution < 1.29 is 4.74 Å². The van der Waals surface area contributed by atoms with Crippen LogP contribution in [0.1, 0.15) is 29.5 Å². The Morgan fingerprint density at radius 2 is 1.71 bits per heavy atom. The van der Waals surface area contributed by atoms with Crippen LogP contribution in [0.4, 0.5) is 0 Å². The van der Waals surface area contributed by atoms with E-state index in [0.29, 0.717) is 0 Å². The highest BCUT2D eigenvalue weighted by atomic mass is 35.5. The summed E-state index contributed by atoms with van der Waals surface area (Å²) in [7, 11) is 0. The van der Waals surface area contributed by atoms with Crippen LogP contribution >= 0.6 is 11.6 Å². The Balaban J connectivity index is 2.17. The summed E-state index contributed by atoms with van der Waals surface area (Å²) in [6.07, 6.45) is 3.26. The highest BCUT2D eigenvalue weighted by Gasteiger charge is 2.31. The molecule has 1 aromatic carbocycles. The molecule has 1 fully saturated rings. The van der Waals surface area contributed by atoms with Gasteiger partial charge in [-0.2, -0.15) is 0 Å². The Morgan fingerprint density at radius 1 is 1.12 bits per heavy atom. The Kier molecular flexibility index (Phi) is 4.11. The lowest BCUT2D eigenvalue weighted by Gasteiger charge is -2.35. The first-order valence-electron chi connectivity index (χ1n) is 6.34. The summed E-state index contributed by atoms with van der Waals surface area (Å²) in [6.45, 7) is 6.04. The zero-order chi connectivity index (χ0) is 12.3. The first kappa shape index (κ1) is 12.9. The molecular weight excluding hydrogens is 232 g/mol. The van der Waals surface area contributed by atoms with E-state index in [1.807, 2.05) is 0 Å². The van der Waals surface area contributed by atoms with Gasteiger partial charge in [0, 0.05) is 19.1 Å². The van der Waals surface area contributed by atoms with Crippen molar-refractivity contribution in [2.24, 2.45) is 5.41 Å². The molecule has 1 heterocycles. The molecule has 0 atom stereocenters. The molecule has 1 saturated heterocycles. The third-order valence-electron chi connectivity index (χ3n) is 3.70. The number of hydrogen-bond acceptors (Lipinski definition) is 1. The fourth-order valence-corrected chi connectivity index (χ4v) is 3.13. The van der Waals surface area contributed by atoms with Crippen LogP contribution in [0.2, 0.25) is 0 Å². The second-order valence-corrected chi connectivity index (χ2v) is 5.69. The maximum atomic E-state index is 6.21. The van der Waals surface area contributed by atoms with E-state index in [1.54, 1.807) is 0 Å². The minimum absolute atomic E-state index is 0.250. The van der Waals surface area contributed by atoms with Gasteiger partial charge in [-0.25, -0.2) is 0 Å². The number of alkyl halides is 1. The van der Waals surface area contributed by atoms with E-state index in [9.17, 15) is 0 Å². The predicted molar refractivity (Wildman–Crippen MR) is 72.8 cm³/mol. The molecule has 1 nitrogen and oxygen atoms in total. The molecule has 1 aliphatic rings. The molecule has 0 aromatic heterocycles. The summed E-state index contributed by atoms with van der Waals surface area (Å²) in [5.74, 6) is 0.739. The van der Waals surface area contributed by atoms with E-state index in [-0.39, 0.29) is 5.41 Å². The number of benzene rings is 1. The van der Waals surface area contributed by atoms with Gasteiger partial charge < -0.3 is 4.74 Å². The minimum Gasteiger partial charge on any atom is -0.381 e. The van der Waals surface area contributed by atoms with E-state index in [1.165, 1.54) is 16.7 Å². The van der Waals surface area contributed by atoms with Crippen LogP contribution in [-0.2, 0) is 11.2 Å². The second-order valence-electron chi connectivity index (χ2n) is 5.42. The third-order valence-corrected chi connectivity index (χ3v) is 4.26. The molecular formula is C15H21ClO. The van der Waals surface area contributed by atoms with Gasteiger partial charge in [-0.3, -0.25) is 0 Å². The molecule has 1 aliphatic heterocycles. The summed E-state index contributed by atoms with van der Waals surface area (Å²) >= 11 is 6.21. The van der Waals surface area contributed by atoms with E-state index < -0.39 is 0 Å². The van der Waals surface area contributed by atoms with Crippen LogP contribution in [0.25, 0.3) is 0 Å². The highest BCUT2D eigenvalue weighted by Crippen LogP contribution is 2.35. The van der Waals surface area contributed by atoms with E-state index in [4.69, 9.17) is 16.3 Å². The Morgan fingerprint density at radius 3 is 2.24 bits per heavy atom. The van der Waals surface area contributed by atoms with E-state index in [2.05, 4.69) is 32.0 Å². The average Bonchev–Trinajstić information content (AvgIpc) is 2.29. The SMILES string of the molecule is Cc1cc(C)cc(CC2(CCl)CCOCC2)c1. The summed E-state index contributed by atoms with van der Waals surface area (Å²) in [5, 5.41) is 0. The van der Waals surface area contributed by atoms with Gasteiger partial charge >= 0.3 is 0 Å². The quantitative estimate of drug-likeness (QED) is 0.742. The van der Waals surface area contributed by atoms with Crippen LogP contribution in [0.15, 0.2) is 18.2 Å². The van der Waals surface area contributed by atoms with E-state index >= 15 is 0 Å². The van der Waals surface area contributed by atoms with Gasteiger partial charge in [0.15, 0.2) is 0 Å². The zero-order valence-corrected chi connectivity index (χ0v) is 11.5. The standard InChI is InChI=1S/C15H21ClO/c1-12-7-13(2)9-14(8-12)10-15(11-16)3-5-17-6-4-15/h7-9H,3-6,10-11H2,1-2H3. The molecule has 0 bridgehead atoms. The molecule has 0 amide bonds. The van der Waals surface area contributed by atoms with Crippen molar-refractivity contribution in [3.05, 3.63) is 34.9 Å². The normalized spacial score (nSPS) is 19.2. The highest BCUT2D eigenvalue weighted by molar-refractivity contribution is 6.18. The average molecular weight is 253 g/mol. The van der Waals surface area contributed by atoms with Crippen LogP contribution in [0.3, 0.4) is 0 Å². The minimum atomic E-state index is 0.250. The lowest BCUT2D eigenvalue weighted by atomic mass is 9.76. The molecule has 2 heteroatoms. The Bertz CT molecular complexity index is 360. The predicted octanol–water partition coefficient (Wildman–Crippen LogP) is 3.88. The fraction of sp³-hybridized carbons (Fsp3) is 0.600. The summed E-state index contributed by atoms with van der Waals surface area (Å²) in [5.41, 5.74) is 4.36. The topological polar surface area (TPSA) is 9.23 Å². The molecule has 0 unspecified atom stereocenters. The van der Waals surface area contributed by atoms with Gasteiger partial charge in [-0.1, -0.05) is 29.3 Å². The number of aryl methyl sites for hydroxylation is 2. The maximum absolute atomic E-state index is 6.21. The van der Waals surface area contributed by atoms with Crippen LogP contribution in [0, 0.1) is 19.3 Å². The number of halogens is 1. The van der Waals surface area contributed by atoms with Crippen molar-refractivity contribution in [1.82, 2.24) is 0 Å². The largest absolute Gasteiger partial charge is 0.381 e. The summed E-state index contributed by atoms with van der Waals surface area (Å²) < 4.78 is 5.45. The smallest absolute Gasteiger partial charge is 0.0471 e. The fourth-order valence-electron chi connectivity index (χ4n) is 2.77. The van der Waals surface area contributed by atoms with Crippen LogP contribution < -0.4 is 0 Å². The molecule has 2 rings (SSSR count). The van der Waals surface area contributed by atoms with Gasteiger partial charge in [-0.05, 0) is 44.1 Å². The van der Waals surface area contributed by atoms with Crippen molar-refractivity contribution in [3.63, 3.8) is 0 Å².